The molecule has 0 bridgehead atoms. The standard InChI is InChI=1S/C25H29ClFN3O3/c1-3-32-24(31)14-20(28)8-6-12-33-23-9-5-4-7-19(23)16-30-17(2)15-29-25(30)18-10-11-21(26)22(27)13-18/h4-5,7,9-11,13,15,20H,3,6,8,12,14,16,28H2,1-2H3/t20-/m1/s1. The number of aromatic nitrogens is 2. The van der Waals surface area contributed by atoms with Gasteiger partial charge in [-0.15, -0.1) is 0 Å². The van der Waals surface area contributed by atoms with Crippen molar-refractivity contribution in [3.05, 3.63) is 70.8 Å². The van der Waals surface area contributed by atoms with E-state index in [-0.39, 0.29) is 23.5 Å². The van der Waals surface area contributed by atoms with Crippen LogP contribution in [-0.4, -0.2) is 34.8 Å². The van der Waals surface area contributed by atoms with Crippen LogP contribution in [-0.2, 0) is 16.1 Å². The number of rotatable bonds is 11. The van der Waals surface area contributed by atoms with Gasteiger partial charge in [0.25, 0.3) is 0 Å². The molecule has 33 heavy (non-hydrogen) atoms. The normalized spacial score (nSPS) is 11.9. The van der Waals surface area contributed by atoms with Gasteiger partial charge in [0.05, 0.1) is 31.2 Å². The zero-order valence-corrected chi connectivity index (χ0v) is 19.6. The van der Waals surface area contributed by atoms with Gasteiger partial charge in [-0.3, -0.25) is 4.79 Å². The van der Waals surface area contributed by atoms with Crippen LogP contribution in [0.5, 0.6) is 5.75 Å². The second kappa shape index (κ2) is 11.8. The van der Waals surface area contributed by atoms with Gasteiger partial charge in [0.15, 0.2) is 0 Å². The Kier molecular flexibility index (Phi) is 8.86. The van der Waals surface area contributed by atoms with Crippen LogP contribution in [0, 0.1) is 12.7 Å². The third kappa shape index (κ3) is 6.79. The number of hydrogen-bond acceptors (Lipinski definition) is 5. The summed E-state index contributed by atoms with van der Waals surface area (Å²) in [6.07, 6.45) is 3.34. The van der Waals surface area contributed by atoms with Gasteiger partial charge in [0, 0.05) is 29.1 Å². The van der Waals surface area contributed by atoms with Crippen molar-refractivity contribution in [2.24, 2.45) is 5.73 Å². The molecule has 3 aromatic rings. The lowest BCUT2D eigenvalue weighted by molar-refractivity contribution is -0.143. The molecule has 2 N–H and O–H groups in total. The van der Waals surface area contributed by atoms with Crippen LogP contribution < -0.4 is 10.5 Å². The summed E-state index contributed by atoms with van der Waals surface area (Å²) in [5.41, 5.74) is 8.58. The van der Waals surface area contributed by atoms with Gasteiger partial charge >= 0.3 is 5.97 Å². The van der Waals surface area contributed by atoms with Gasteiger partial charge in [-0.25, -0.2) is 9.37 Å². The molecule has 0 aliphatic heterocycles. The third-order valence-corrected chi connectivity index (χ3v) is 5.55. The first-order valence-corrected chi connectivity index (χ1v) is 11.4. The summed E-state index contributed by atoms with van der Waals surface area (Å²) >= 11 is 5.83. The Morgan fingerprint density at radius 3 is 2.82 bits per heavy atom. The Morgan fingerprint density at radius 1 is 1.27 bits per heavy atom. The van der Waals surface area contributed by atoms with Crippen molar-refractivity contribution in [1.82, 2.24) is 9.55 Å². The number of nitrogens with zero attached hydrogens (tertiary/aromatic N) is 2. The van der Waals surface area contributed by atoms with Crippen LogP contribution in [0.3, 0.4) is 0 Å². The maximum absolute atomic E-state index is 14.0. The van der Waals surface area contributed by atoms with Gasteiger partial charge in [-0.1, -0.05) is 29.8 Å². The van der Waals surface area contributed by atoms with Crippen LogP contribution >= 0.6 is 11.6 Å². The van der Waals surface area contributed by atoms with Crippen LogP contribution in [0.4, 0.5) is 4.39 Å². The van der Waals surface area contributed by atoms with Crippen LogP contribution in [0.1, 0.15) is 37.4 Å². The fraction of sp³-hybridized carbons (Fsp3) is 0.360. The van der Waals surface area contributed by atoms with Gasteiger partial charge in [0.2, 0.25) is 0 Å². The maximum Gasteiger partial charge on any atom is 0.307 e. The number of nitrogens with two attached hydrogens (primary N) is 1. The number of hydrogen-bond donors (Lipinski definition) is 1. The molecule has 0 aliphatic carbocycles. The quantitative estimate of drug-likeness (QED) is 0.308. The zero-order chi connectivity index (χ0) is 23.8. The van der Waals surface area contributed by atoms with Crippen LogP contribution in [0.15, 0.2) is 48.7 Å². The third-order valence-electron chi connectivity index (χ3n) is 5.24. The molecular formula is C25H29ClFN3O3. The van der Waals surface area contributed by atoms with Crippen molar-refractivity contribution < 1.29 is 18.7 Å². The highest BCUT2D eigenvalue weighted by Crippen LogP contribution is 2.27. The van der Waals surface area contributed by atoms with Gasteiger partial charge in [-0.2, -0.15) is 0 Å². The predicted octanol–water partition coefficient (Wildman–Crippen LogP) is 5.14. The zero-order valence-electron chi connectivity index (χ0n) is 18.9. The first kappa shape index (κ1) is 24.7. The molecule has 0 saturated carbocycles. The van der Waals surface area contributed by atoms with E-state index >= 15 is 0 Å². The maximum atomic E-state index is 14.0. The second-order valence-corrected chi connectivity index (χ2v) is 8.21. The highest BCUT2D eigenvalue weighted by atomic mass is 35.5. The number of esters is 1. The molecular weight excluding hydrogens is 445 g/mol. The lowest BCUT2D eigenvalue weighted by atomic mass is 10.1. The number of carbonyl (C=O) groups is 1. The molecule has 0 spiro atoms. The van der Waals surface area contributed by atoms with Gasteiger partial charge in [-0.05, 0) is 51.0 Å². The minimum absolute atomic E-state index is 0.0781. The number of halogens is 2. The predicted molar refractivity (Wildman–Crippen MR) is 127 cm³/mol. The van der Waals surface area contributed by atoms with Gasteiger partial charge < -0.3 is 19.8 Å². The van der Waals surface area contributed by atoms with E-state index < -0.39 is 5.82 Å². The molecule has 0 fully saturated rings. The molecule has 0 radical (unpaired) electrons. The Bertz CT molecular complexity index is 1090. The van der Waals surface area contributed by atoms with E-state index in [1.165, 1.54) is 12.1 Å². The van der Waals surface area contributed by atoms with Crippen LogP contribution in [0.25, 0.3) is 11.4 Å². The summed E-state index contributed by atoms with van der Waals surface area (Å²) in [4.78, 5) is 16.0. The first-order chi connectivity index (χ1) is 15.9. The number of benzene rings is 2. The van der Waals surface area contributed by atoms with E-state index in [0.29, 0.717) is 44.0 Å². The minimum atomic E-state index is -0.480. The molecule has 0 aliphatic rings. The summed E-state index contributed by atoms with van der Waals surface area (Å²) in [5.74, 6) is 0.662. The number of aryl methyl sites for hydroxylation is 1. The molecule has 0 unspecified atom stereocenters. The Morgan fingerprint density at radius 2 is 2.06 bits per heavy atom. The fourth-order valence-corrected chi connectivity index (χ4v) is 3.65. The van der Waals surface area contributed by atoms with E-state index in [1.54, 1.807) is 19.2 Å². The summed E-state index contributed by atoms with van der Waals surface area (Å²) in [7, 11) is 0. The average molecular weight is 474 g/mol. The SMILES string of the molecule is CCOC(=O)C[C@H](N)CCCOc1ccccc1Cn1c(C)cnc1-c1ccc(Cl)c(F)c1. The average Bonchev–Trinajstić information content (AvgIpc) is 3.14. The molecule has 0 saturated heterocycles. The topological polar surface area (TPSA) is 79.4 Å². The Hall–Kier alpha value is -2.90. The molecule has 1 heterocycles. The summed E-state index contributed by atoms with van der Waals surface area (Å²) in [6.45, 7) is 5.08. The molecule has 8 heteroatoms. The van der Waals surface area contributed by atoms with Crippen molar-refractivity contribution >= 4 is 17.6 Å². The molecule has 1 aromatic heterocycles. The lowest BCUT2D eigenvalue weighted by Crippen LogP contribution is -2.25. The van der Waals surface area contributed by atoms with E-state index in [2.05, 4.69) is 4.98 Å². The molecule has 1 atom stereocenters. The van der Waals surface area contributed by atoms with Crippen LogP contribution in [0.2, 0.25) is 5.02 Å². The number of imidazole rings is 1. The smallest absolute Gasteiger partial charge is 0.307 e. The summed E-state index contributed by atoms with van der Waals surface area (Å²) < 4.78 is 27.0. The highest BCUT2D eigenvalue weighted by Gasteiger charge is 2.14. The molecule has 6 nitrogen and oxygen atoms in total. The number of carbonyl (C=O) groups excluding carboxylic acids is 1. The number of ether oxygens (including phenoxy) is 2. The Labute approximate surface area is 198 Å². The number of para-hydroxylation sites is 1. The molecule has 0 amide bonds. The Balaban J connectivity index is 1.65. The van der Waals surface area contributed by atoms with Crippen molar-refractivity contribution in [3.8, 4) is 17.1 Å². The summed E-state index contributed by atoms with van der Waals surface area (Å²) in [5, 5.41) is 0.0781. The van der Waals surface area contributed by atoms with Crippen molar-refractivity contribution in [2.45, 2.75) is 45.7 Å². The largest absolute Gasteiger partial charge is 0.493 e. The minimum Gasteiger partial charge on any atom is -0.493 e. The first-order valence-electron chi connectivity index (χ1n) is 11.0. The van der Waals surface area contributed by atoms with E-state index in [0.717, 1.165) is 17.0 Å². The van der Waals surface area contributed by atoms with E-state index in [1.807, 2.05) is 35.8 Å². The fourth-order valence-electron chi connectivity index (χ4n) is 3.54. The van der Waals surface area contributed by atoms with E-state index in [9.17, 15) is 9.18 Å². The molecule has 3 rings (SSSR count). The molecule has 2 aromatic carbocycles. The van der Waals surface area contributed by atoms with Gasteiger partial charge in [0.1, 0.15) is 17.4 Å². The monoisotopic (exact) mass is 473 g/mol. The second-order valence-electron chi connectivity index (χ2n) is 7.81. The lowest BCUT2D eigenvalue weighted by Gasteiger charge is -2.16. The van der Waals surface area contributed by atoms with Crippen molar-refractivity contribution in [2.75, 3.05) is 13.2 Å². The highest BCUT2D eigenvalue weighted by molar-refractivity contribution is 6.30. The molecule has 176 valence electrons. The van der Waals surface area contributed by atoms with Crippen molar-refractivity contribution in [1.29, 1.82) is 0 Å². The summed E-state index contributed by atoms with van der Waals surface area (Å²) in [6, 6.07) is 12.2. The van der Waals surface area contributed by atoms with Crippen molar-refractivity contribution in [3.63, 3.8) is 0 Å². The van der Waals surface area contributed by atoms with E-state index in [4.69, 9.17) is 26.8 Å².